The average Bonchev–Trinajstić information content (AvgIpc) is 2.88. The van der Waals surface area contributed by atoms with Crippen molar-refractivity contribution >= 4 is 28.3 Å². The van der Waals surface area contributed by atoms with E-state index in [4.69, 9.17) is 11.6 Å². The molecule has 4 heteroatoms. The summed E-state index contributed by atoms with van der Waals surface area (Å²) in [6.45, 7) is 0. The van der Waals surface area contributed by atoms with Crippen molar-refractivity contribution in [3.05, 3.63) is 70.6 Å². The van der Waals surface area contributed by atoms with Gasteiger partial charge in [0.15, 0.2) is 5.78 Å². The fraction of sp³-hybridized carbons (Fsp3) is 0.118. The van der Waals surface area contributed by atoms with Crippen LogP contribution < -0.4 is 0 Å². The zero-order valence-corrected chi connectivity index (χ0v) is 12.0. The van der Waals surface area contributed by atoms with Gasteiger partial charge in [0, 0.05) is 22.3 Å². The minimum Gasteiger partial charge on any atom is -0.352 e. The third kappa shape index (κ3) is 3.14. The van der Waals surface area contributed by atoms with E-state index in [1.165, 1.54) is 12.1 Å². The van der Waals surface area contributed by atoms with Gasteiger partial charge in [-0.25, -0.2) is 4.39 Å². The molecule has 1 aromatic heterocycles. The van der Waals surface area contributed by atoms with E-state index in [1.54, 1.807) is 18.2 Å². The molecule has 0 radical (unpaired) electrons. The molecule has 0 spiro atoms. The monoisotopic (exact) mass is 301 g/mol. The van der Waals surface area contributed by atoms with Crippen molar-refractivity contribution in [2.24, 2.45) is 0 Å². The Labute approximate surface area is 126 Å². The van der Waals surface area contributed by atoms with Crippen LogP contribution in [0.5, 0.6) is 0 Å². The first-order valence-electron chi connectivity index (χ1n) is 6.68. The first-order valence-corrected chi connectivity index (χ1v) is 7.05. The van der Waals surface area contributed by atoms with E-state index in [9.17, 15) is 9.18 Å². The predicted octanol–water partition coefficient (Wildman–Crippen LogP) is 4.78. The van der Waals surface area contributed by atoms with Crippen molar-refractivity contribution < 1.29 is 9.18 Å². The lowest BCUT2D eigenvalue weighted by atomic mass is 10.1. The molecule has 21 heavy (non-hydrogen) atoms. The van der Waals surface area contributed by atoms with Gasteiger partial charge >= 0.3 is 0 Å². The number of Topliss-reactive ketones (excluding diaryl/α,β-unsaturated/α-hetero) is 1. The van der Waals surface area contributed by atoms with E-state index in [-0.39, 0.29) is 11.6 Å². The lowest BCUT2D eigenvalue weighted by Gasteiger charge is -2.00. The molecule has 0 unspecified atom stereocenters. The number of benzene rings is 2. The number of nitrogens with one attached hydrogen (secondary N) is 1. The SMILES string of the molecule is O=C(CCc1cccc(Cl)c1)c1cc2cc(F)ccc2[nH]1. The van der Waals surface area contributed by atoms with Crippen molar-refractivity contribution in [1.82, 2.24) is 4.98 Å². The maximum absolute atomic E-state index is 13.1. The highest BCUT2D eigenvalue weighted by Crippen LogP contribution is 2.19. The molecule has 0 aliphatic carbocycles. The van der Waals surface area contributed by atoms with Crippen LogP contribution in [0.4, 0.5) is 4.39 Å². The molecule has 0 aliphatic heterocycles. The molecule has 0 amide bonds. The Morgan fingerprint density at radius 2 is 2.00 bits per heavy atom. The molecule has 0 atom stereocenters. The van der Waals surface area contributed by atoms with Gasteiger partial charge in [-0.2, -0.15) is 0 Å². The molecule has 3 rings (SSSR count). The normalized spacial score (nSPS) is 11.0. The van der Waals surface area contributed by atoms with Gasteiger partial charge in [0.1, 0.15) is 5.82 Å². The van der Waals surface area contributed by atoms with Crippen LogP contribution in [-0.2, 0) is 6.42 Å². The molecule has 106 valence electrons. The maximum atomic E-state index is 13.1. The van der Waals surface area contributed by atoms with Gasteiger partial charge in [0.05, 0.1) is 5.69 Å². The molecule has 3 aromatic rings. The minimum absolute atomic E-state index is 0.00610. The van der Waals surface area contributed by atoms with Crippen molar-refractivity contribution in [1.29, 1.82) is 0 Å². The van der Waals surface area contributed by atoms with Gasteiger partial charge < -0.3 is 4.98 Å². The topological polar surface area (TPSA) is 32.9 Å². The number of carbonyl (C=O) groups is 1. The molecule has 0 saturated carbocycles. The van der Waals surface area contributed by atoms with E-state index in [1.807, 2.05) is 18.2 Å². The highest BCUT2D eigenvalue weighted by molar-refractivity contribution is 6.30. The second-order valence-electron chi connectivity index (χ2n) is 4.97. The smallest absolute Gasteiger partial charge is 0.179 e. The van der Waals surface area contributed by atoms with Crippen LogP contribution in [0.3, 0.4) is 0 Å². The number of aryl methyl sites for hydroxylation is 1. The summed E-state index contributed by atoms with van der Waals surface area (Å²) < 4.78 is 13.1. The van der Waals surface area contributed by atoms with Gasteiger partial charge in [-0.3, -0.25) is 4.79 Å². The van der Waals surface area contributed by atoms with Gasteiger partial charge in [-0.05, 0) is 48.4 Å². The van der Waals surface area contributed by atoms with Crippen LogP contribution in [0, 0.1) is 5.82 Å². The van der Waals surface area contributed by atoms with Crippen LogP contribution in [0.1, 0.15) is 22.5 Å². The van der Waals surface area contributed by atoms with Gasteiger partial charge in [-0.1, -0.05) is 23.7 Å². The molecule has 0 saturated heterocycles. The van der Waals surface area contributed by atoms with Crippen molar-refractivity contribution in [2.45, 2.75) is 12.8 Å². The molecular weight excluding hydrogens is 289 g/mol. The van der Waals surface area contributed by atoms with Gasteiger partial charge in [0.2, 0.25) is 0 Å². The Kier molecular flexibility index (Phi) is 3.76. The second kappa shape index (κ2) is 5.70. The zero-order chi connectivity index (χ0) is 14.8. The number of H-pyrrole nitrogens is 1. The third-order valence-corrected chi connectivity index (χ3v) is 3.65. The lowest BCUT2D eigenvalue weighted by molar-refractivity contribution is 0.0979. The summed E-state index contributed by atoms with van der Waals surface area (Å²) in [6.07, 6.45) is 1.01. The highest BCUT2D eigenvalue weighted by atomic mass is 35.5. The number of hydrogen-bond acceptors (Lipinski definition) is 1. The Balaban J connectivity index is 1.74. The summed E-state index contributed by atoms with van der Waals surface area (Å²) in [6, 6.07) is 13.6. The number of hydrogen-bond donors (Lipinski definition) is 1. The fourth-order valence-electron chi connectivity index (χ4n) is 2.34. The average molecular weight is 302 g/mol. The Hall–Kier alpha value is -2.13. The largest absolute Gasteiger partial charge is 0.352 e. The molecule has 1 heterocycles. The summed E-state index contributed by atoms with van der Waals surface area (Å²) in [5, 5.41) is 1.38. The molecular formula is C17H13ClFNO. The van der Waals surface area contributed by atoms with Crippen LogP contribution >= 0.6 is 11.6 Å². The minimum atomic E-state index is -0.306. The molecule has 2 aromatic carbocycles. The van der Waals surface area contributed by atoms with Crippen molar-refractivity contribution in [3.63, 3.8) is 0 Å². The predicted molar refractivity (Wildman–Crippen MR) is 82.4 cm³/mol. The van der Waals surface area contributed by atoms with E-state index >= 15 is 0 Å². The van der Waals surface area contributed by atoms with Gasteiger partial charge in [0.25, 0.3) is 0 Å². The quantitative estimate of drug-likeness (QED) is 0.691. The van der Waals surface area contributed by atoms with E-state index in [2.05, 4.69) is 4.98 Å². The molecule has 1 N–H and O–H groups in total. The number of aromatic nitrogens is 1. The van der Waals surface area contributed by atoms with E-state index < -0.39 is 0 Å². The highest BCUT2D eigenvalue weighted by Gasteiger charge is 2.10. The maximum Gasteiger partial charge on any atom is 0.179 e. The number of rotatable bonds is 4. The summed E-state index contributed by atoms with van der Waals surface area (Å²) >= 11 is 5.92. The first kappa shape index (κ1) is 13.8. The standard InChI is InChI=1S/C17H13ClFNO/c18-13-3-1-2-11(8-13)4-7-17(21)16-10-12-9-14(19)5-6-15(12)20-16/h1-3,5-6,8-10,20H,4,7H2. The van der Waals surface area contributed by atoms with Crippen molar-refractivity contribution in [2.75, 3.05) is 0 Å². The summed E-state index contributed by atoms with van der Waals surface area (Å²) in [7, 11) is 0. The Bertz CT molecular complexity index is 809. The fourth-order valence-corrected chi connectivity index (χ4v) is 2.55. The van der Waals surface area contributed by atoms with E-state index in [0.717, 1.165) is 11.1 Å². The summed E-state index contributed by atoms with van der Waals surface area (Å²) in [4.78, 5) is 15.2. The Morgan fingerprint density at radius 1 is 1.14 bits per heavy atom. The van der Waals surface area contributed by atoms with Gasteiger partial charge in [-0.15, -0.1) is 0 Å². The number of fused-ring (bicyclic) bond motifs is 1. The summed E-state index contributed by atoms with van der Waals surface area (Å²) in [5.74, 6) is -0.300. The van der Waals surface area contributed by atoms with Crippen LogP contribution in [-0.4, -0.2) is 10.8 Å². The molecule has 0 fully saturated rings. The van der Waals surface area contributed by atoms with Crippen LogP contribution in [0.15, 0.2) is 48.5 Å². The molecule has 0 bridgehead atoms. The number of ketones is 1. The lowest BCUT2D eigenvalue weighted by Crippen LogP contribution is -2.01. The second-order valence-corrected chi connectivity index (χ2v) is 5.40. The number of carbonyl (C=O) groups excluding carboxylic acids is 1. The summed E-state index contributed by atoms with van der Waals surface area (Å²) in [5.41, 5.74) is 2.30. The first-order chi connectivity index (χ1) is 10.1. The van der Waals surface area contributed by atoms with Crippen LogP contribution in [0.25, 0.3) is 10.9 Å². The number of halogens is 2. The van der Waals surface area contributed by atoms with Crippen molar-refractivity contribution in [3.8, 4) is 0 Å². The van der Waals surface area contributed by atoms with E-state index in [0.29, 0.717) is 28.9 Å². The molecule has 0 aliphatic rings. The molecule has 2 nitrogen and oxygen atoms in total. The zero-order valence-electron chi connectivity index (χ0n) is 11.2. The Morgan fingerprint density at radius 3 is 2.81 bits per heavy atom. The number of aromatic amines is 1. The third-order valence-electron chi connectivity index (χ3n) is 3.41. The van der Waals surface area contributed by atoms with Crippen LogP contribution in [0.2, 0.25) is 5.02 Å².